The van der Waals surface area contributed by atoms with Gasteiger partial charge in [0, 0.05) is 15.9 Å². The van der Waals surface area contributed by atoms with Crippen molar-refractivity contribution in [3.8, 4) is 0 Å². The number of benzene rings is 1. The summed E-state index contributed by atoms with van der Waals surface area (Å²) in [5, 5.41) is 4.37. The third kappa shape index (κ3) is 2.93. The molecule has 0 aliphatic heterocycles. The van der Waals surface area contributed by atoms with Crippen LogP contribution in [0.4, 0.5) is 0 Å². The number of fused-ring (bicyclic) bond motifs is 3. The Morgan fingerprint density at radius 2 is 2.13 bits per heavy atom. The second-order valence-electron chi connectivity index (χ2n) is 6.15. The zero-order valence-corrected chi connectivity index (χ0v) is 14.3. The molecule has 0 atom stereocenters. The predicted molar refractivity (Wildman–Crippen MR) is 93.5 cm³/mol. The highest BCUT2D eigenvalue weighted by atomic mass is 79.9. The number of furan rings is 1. The normalized spacial score (nSPS) is 16.4. The number of nitrogens with one attached hydrogen (secondary N) is 2. The first-order chi connectivity index (χ1) is 11.2. The number of halogens is 1. The van der Waals surface area contributed by atoms with Crippen LogP contribution in [0.15, 0.2) is 31.9 Å². The van der Waals surface area contributed by atoms with Gasteiger partial charge in [-0.25, -0.2) is 4.98 Å². The average Bonchev–Trinajstić information content (AvgIpc) is 2.93. The topological polar surface area (TPSA) is 70.9 Å². The van der Waals surface area contributed by atoms with Gasteiger partial charge in [0.25, 0.3) is 5.56 Å². The SMILES string of the molecule is O=c1[nH]c(CNC2CCCCC2)nc2c1oc1ccc(Br)cc12. The standard InChI is InChI=1S/C17H18BrN3O2/c18-10-6-7-13-12(8-10)15-16(23-13)17(22)21-14(20-15)9-19-11-4-2-1-3-5-11/h6-8,11,19H,1-5,9H2,(H,20,21,22). The van der Waals surface area contributed by atoms with Crippen LogP contribution < -0.4 is 10.9 Å². The van der Waals surface area contributed by atoms with Crippen molar-refractivity contribution in [3.63, 3.8) is 0 Å². The smallest absolute Gasteiger partial charge is 0.294 e. The van der Waals surface area contributed by atoms with E-state index in [0.29, 0.717) is 35.1 Å². The van der Waals surface area contributed by atoms with Crippen LogP contribution in [0.1, 0.15) is 37.9 Å². The van der Waals surface area contributed by atoms with Gasteiger partial charge < -0.3 is 14.7 Å². The molecule has 0 saturated heterocycles. The van der Waals surface area contributed by atoms with E-state index in [1.54, 1.807) is 0 Å². The molecule has 0 unspecified atom stereocenters. The van der Waals surface area contributed by atoms with Crippen molar-refractivity contribution in [1.82, 2.24) is 15.3 Å². The highest BCUT2D eigenvalue weighted by molar-refractivity contribution is 9.10. The molecule has 5 nitrogen and oxygen atoms in total. The molecule has 1 aliphatic rings. The van der Waals surface area contributed by atoms with E-state index in [0.717, 1.165) is 9.86 Å². The summed E-state index contributed by atoms with van der Waals surface area (Å²) in [5.41, 5.74) is 1.38. The lowest BCUT2D eigenvalue weighted by atomic mass is 9.95. The monoisotopic (exact) mass is 375 g/mol. The van der Waals surface area contributed by atoms with Crippen LogP contribution in [0.25, 0.3) is 22.1 Å². The van der Waals surface area contributed by atoms with Gasteiger partial charge in [-0.3, -0.25) is 4.79 Å². The predicted octanol–water partition coefficient (Wildman–Crippen LogP) is 3.85. The Balaban J connectivity index is 1.69. The quantitative estimate of drug-likeness (QED) is 0.729. The first kappa shape index (κ1) is 14.9. The van der Waals surface area contributed by atoms with Gasteiger partial charge in [-0.15, -0.1) is 0 Å². The highest BCUT2D eigenvalue weighted by Crippen LogP contribution is 2.27. The maximum atomic E-state index is 12.3. The van der Waals surface area contributed by atoms with Gasteiger partial charge in [-0.05, 0) is 31.0 Å². The molecule has 0 spiro atoms. The second kappa shape index (κ2) is 6.09. The number of aromatic amines is 1. The van der Waals surface area contributed by atoms with Crippen molar-refractivity contribution in [2.24, 2.45) is 0 Å². The van der Waals surface area contributed by atoms with Gasteiger partial charge >= 0.3 is 0 Å². The van der Waals surface area contributed by atoms with Crippen LogP contribution in [-0.4, -0.2) is 16.0 Å². The van der Waals surface area contributed by atoms with Crippen LogP contribution in [0.2, 0.25) is 0 Å². The maximum absolute atomic E-state index is 12.3. The molecule has 120 valence electrons. The molecular formula is C17H18BrN3O2. The minimum absolute atomic E-state index is 0.220. The Bertz CT molecular complexity index is 909. The molecule has 2 N–H and O–H groups in total. The molecule has 2 aromatic heterocycles. The largest absolute Gasteiger partial charge is 0.449 e. The summed E-state index contributed by atoms with van der Waals surface area (Å²) >= 11 is 3.45. The average molecular weight is 376 g/mol. The molecular weight excluding hydrogens is 358 g/mol. The van der Waals surface area contributed by atoms with Crippen LogP contribution in [0, 0.1) is 0 Å². The van der Waals surface area contributed by atoms with Gasteiger partial charge in [0.1, 0.15) is 16.9 Å². The summed E-state index contributed by atoms with van der Waals surface area (Å²) < 4.78 is 6.58. The number of H-pyrrole nitrogens is 1. The minimum atomic E-state index is -0.220. The van der Waals surface area contributed by atoms with Gasteiger partial charge in [-0.2, -0.15) is 0 Å². The van der Waals surface area contributed by atoms with Crippen LogP contribution in [0.5, 0.6) is 0 Å². The van der Waals surface area contributed by atoms with E-state index in [1.807, 2.05) is 18.2 Å². The number of aromatic nitrogens is 2. The highest BCUT2D eigenvalue weighted by Gasteiger charge is 2.16. The lowest BCUT2D eigenvalue weighted by Crippen LogP contribution is -2.31. The van der Waals surface area contributed by atoms with Crippen molar-refractivity contribution in [3.05, 3.63) is 38.9 Å². The van der Waals surface area contributed by atoms with Crippen LogP contribution in [-0.2, 0) is 6.54 Å². The second-order valence-corrected chi connectivity index (χ2v) is 7.06. The Morgan fingerprint density at radius 1 is 1.30 bits per heavy atom. The Morgan fingerprint density at radius 3 is 2.96 bits per heavy atom. The lowest BCUT2D eigenvalue weighted by Gasteiger charge is -2.22. The first-order valence-corrected chi connectivity index (χ1v) is 8.84. The molecule has 3 aromatic rings. The number of hydrogen-bond acceptors (Lipinski definition) is 4. The third-order valence-corrected chi connectivity index (χ3v) is 4.99. The molecule has 1 fully saturated rings. The molecule has 23 heavy (non-hydrogen) atoms. The van der Waals surface area contributed by atoms with Gasteiger partial charge in [0.05, 0.1) is 6.54 Å². The van der Waals surface area contributed by atoms with Gasteiger partial charge in [0.2, 0.25) is 5.58 Å². The fourth-order valence-corrected chi connectivity index (χ4v) is 3.67. The third-order valence-electron chi connectivity index (χ3n) is 4.50. The molecule has 0 amide bonds. The van der Waals surface area contributed by atoms with Gasteiger partial charge in [-0.1, -0.05) is 35.2 Å². The first-order valence-electron chi connectivity index (χ1n) is 8.05. The molecule has 0 radical (unpaired) electrons. The van der Waals surface area contributed by atoms with Crippen molar-refractivity contribution >= 4 is 38.0 Å². The van der Waals surface area contributed by atoms with E-state index >= 15 is 0 Å². The zero-order chi connectivity index (χ0) is 15.8. The van der Waals surface area contributed by atoms with E-state index in [-0.39, 0.29) is 5.56 Å². The molecule has 1 saturated carbocycles. The van der Waals surface area contributed by atoms with E-state index in [1.165, 1.54) is 32.1 Å². The molecule has 4 rings (SSSR count). The van der Waals surface area contributed by atoms with Crippen molar-refractivity contribution < 1.29 is 4.42 Å². The molecule has 6 heteroatoms. The summed E-state index contributed by atoms with van der Waals surface area (Å²) in [6.45, 7) is 0.580. The number of hydrogen-bond donors (Lipinski definition) is 2. The maximum Gasteiger partial charge on any atom is 0.294 e. The van der Waals surface area contributed by atoms with Gasteiger partial charge in [0.15, 0.2) is 0 Å². The zero-order valence-electron chi connectivity index (χ0n) is 12.7. The van der Waals surface area contributed by atoms with E-state index in [9.17, 15) is 4.79 Å². The number of rotatable bonds is 3. The summed E-state index contributed by atoms with van der Waals surface area (Å²) in [4.78, 5) is 19.7. The molecule has 1 aliphatic carbocycles. The minimum Gasteiger partial charge on any atom is -0.449 e. The summed E-state index contributed by atoms with van der Waals surface area (Å²) in [6.07, 6.45) is 6.29. The summed E-state index contributed by atoms with van der Waals surface area (Å²) in [6, 6.07) is 6.21. The Hall–Kier alpha value is -1.66. The van der Waals surface area contributed by atoms with E-state index in [2.05, 4.69) is 31.2 Å². The molecule has 2 heterocycles. The Kier molecular flexibility index (Phi) is 3.95. The van der Waals surface area contributed by atoms with Crippen LogP contribution in [0.3, 0.4) is 0 Å². The fraction of sp³-hybridized carbons (Fsp3) is 0.412. The van der Waals surface area contributed by atoms with Crippen LogP contribution >= 0.6 is 15.9 Å². The van der Waals surface area contributed by atoms with E-state index in [4.69, 9.17) is 4.42 Å². The van der Waals surface area contributed by atoms with E-state index < -0.39 is 0 Å². The summed E-state index contributed by atoms with van der Waals surface area (Å²) in [5.74, 6) is 0.663. The lowest BCUT2D eigenvalue weighted by molar-refractivity contribution is 0.369. The van der Waals surface area contributed by atoms with Crippen molar-refractivity contribution in [2.75, 3.05) is 0 Å². The fourth-order valence-electron chi connectivity index (χ4n) is 3.30. The molecule has 1 aromatic carbocycles. The molecule has 0 bridgehead atoms. The number of nitrogens with zero attached hydrogens (tertiary/aromatic N) is 1. The summed E-state index contributed by atoms with van der Waals surface area (Å²) in [7, 11) is 0. The Labute approximate surface area is 141 Å². The van der Waals surface area contributed by atoms with Crippen molar-refractivity contribution in [1.29, 1.82) is 0 Å². The van der Waals surface area contributed by atoms with Crippen molar-refractivity contribution in [2.45, 2.75) is 44.7 Å².